The van der Waals surface area contributed by atoms with Gasteiger partial charge in [0.05, 0.1) is 15.5 Å². The first-order valence-electron chi connectivity index (χ1n) is 3.16. The quantitative estimate of drug-likeness (QED) is 0.743. The van der Waals surface area contributed by atoms with Crippen molar-refractivity contribution in [2.45, 2.75) is 4.90 Å². The molecule has 0 bridgehead atoms. The van der Waals surface area contributed by atoms with Gasteiger partial charge in [-0.2, -0.15) is 0 Å². The lowest BCUT2D eigenvalue weighted by Crippen LogP contribution is -1.98. The number of benzene rings is 1. The largest absolute Gasteiger partial charge is 0.478 e. The van der Waals surface area contributed by atoms with Crippen molar-refractivity contribution in [1.29, 1.82) is 0 Å². The molecule has 4 nitrogen and oxygen atoms in total. The predicted molar refractivity (Wildman–Crippen MR) is 47.4 cm³/mol. The number of halogens is 1. The maximum atomic E-state index is 10.5. The van der Waals surface area contributed by atoms with Crippen molar-refractivity contribution in [2.75, 3.05) is 0 Å². The van der Waals surface area contributed by atoms with E-state index < -0.39 is 17.0 Å². The van der Waals surface area contributed by atoms with Crippen molar-refractivity contribution in [3.8, 4) is 0 Å². The van der Waals surface area contributed by atoms with E-state index in [4.69, 9.17) is 21.3 Å². The van der Waals surface area contributed by atoms with Crippen LogP contribution in [0, 0.1) is 0 Å². The third kappa shape index (κ3) is 2.27. The molecular formula is C7H5ClO4S. The zero-order valence-electron chi connectivity index (χ0n) is 6.23. The van der Waals surface area contributed by atoms with E-state index in [-0.39, 0.29) is 15.5 Å². The van der Waals surface area contributed by atoms with Crippen molar-refractivity contribution in [2.24, 2.45) is 0 Å². The van der Waals surface area contributed by atoms with E-state index in [1.165, 1.54) is 12.1 Å². The number of carboxylic acids is 1. The summed E-state index contributed by atoms with van der Waals surface area (Å²) < 4.78 is 19.2. The summed E-state index contributed by atoms with van der Waals surface area (Å²) in [6, 6.07) is 3.58. The second-order valence-electron chi connectivity index (χ2n) is 2.20. The van der Waals surface area contributed by atoms with E-state index >= 15 is 0 Å². The van der Waals surface area contributed by atoms with Crippen LogP contribution in [0.3, 0.4) is 0 Å². The van der Waals surface area contributed by atoms with E-state index in [2.05, 4.69) is 0 Å². The molecule has 0 amide bonds. The highest BCUT2D eigenvalue weighted by molar-refractivity contribution is 7.79. The minimum Gasteiger partial charge on any atom is -0.478 e. The van der Waals surface area contributed by atoms with Gasteiger partial charge in [-0.05, 0) is 18.2 Å². The van der Waals surface area contributed by atoms with Crippen molar-refractivity contribution in [3.05, 3.63) is 28.8 Å². The van der Waals surface area contributed by atoms with Gasteiger partial charge in [-0.15, -0.1) is 0 Å². The Morgan fingerprint density at radius 2 is 2.08 bits per heavy atom. The molecule has 1 unspecified atom stereocenters. The lowest BCUT2D eigenvalue weighted by atomic mass is 10.2. The third-order valence-corrected chi connectivity index (χ3v) is 2.34. The van der Waals surface area contributed by atoms with Crippen LogP contribution in [0.15, 0.2) is 23.1 Å². The normalized spacial score (nSPS) is 12.5. The number of hydrogen-bond donors (Lipinski definition) is 2. The second-order valence-corrected chi connectivity index (χ2v) is 3.57. The van der Waals surface area contributed by atoms with Gasteiger partial charge in [0, 0.05) is 0 Å². The van der Waals surface area contributed by atoms with E-state index in [9.17, 15) is 9.00 Å². The van der Waals surface area contributed by atoms with E-state index in [0.717, 1.165) is 6.07 Å². The Hall–Kier alpha value is -0.910. The number of hydrogen-bond acceptors (Lipinski definition) is 2. The molecule has 0 saturated heterocycles. The van der Waals surface area contributed by atoms with Crippen LogP contribution in [0.5, 0.6) is 0 Å². The van der Waals surface area contributed by atoms with Crippen LogP contribution in [0.1, 0.15) is 10.4 Å². The molecule has 1 rings (SSSR count). The molecule has 0 aromatic heterocycles. The molecule has 0 aliphatic heterocycles. The van der Waals surface area contributed by atoms with E-state index in [0.29, 0.717) is 0 Å². The first-order valence-corrected chi connectivity index (χ1v) is 4.64. The topological polar surface area (TPSA) is 74.6 Å². The van der Waals surface area contributed by atoms with Gasteiger partial charge in [0.25, 0.3) is 0 Å². The highest BCUT2D eigenvalue weighted by atomic mass is 35.5. The SMILES string of the molecule is O=C(O)c1ccc(S(=O)O)cc1Cl. The maximum Gasteiger partial charge on any atom is 0.337 e. The molecule has 0 aliphatic rings. The van der Waals surface area contributed by atoms with E-state index in [1.807, 2.05) is 0 Å². The Morgan fingerprint density at radius 1 is 1.46 bits per heavy atom. The van der Waals surface area contributed by atoms with Crippen molar-refractivity contribution >= 4 is 28.7 Å². The van der Waals surface area contributed by atoms with Crippen molar-refractivity contribution in [3.63, 3.8) is 0 Å². The van der Waals surface area contributed by atoms with Gasteiger partial charge in [0.15, 0.2) is 11.1 Å². The standard InChI is InChI=1S/C7H5ClO4S/c8-6-3-4(13(11)12)1-2-5(6)7(9)10/h1-3H,(H,9,10)(H,11,12). The van der Waals surface area contributed by atoms with Crippen LogP contribution >= 0.6 is 11.6 Å². The summed E-state index contributed by atoms with van der Waals surface area (Å²) in [5.41, 5.74) is -0.0872. The summed E-state index contributed by atoms with van der Waals surface area (Å²) in [6.07, 6.45) is 0. The molecule has 6 heteroatoms. The Labute approximate surface area is 81.4 Å². The highest BCUT2D eigenvalue weighted by Gasteiger charge is 2.10. The summed E-state index contributed by atoms with van der Waals surface area (Å²) in [5.74, 6) is -1.17. The molecule has 1 atom stereocenters. The smallest absolute Gasteiger partial charge is 0.337 e. The Bertz CT molecular complexity index is 377. The minimum atomic E-state index is -2.14. The summed E-state index contributed by atoms with van der Waals surface area (Å²) in [7, 11) is 0. The van der Waals surface area contributed by atoms with Gasteiger partial charge < -0.3 is 9.66 Å². The third-order valence-electron chi connectivity index (χ3n) is 1.37. The minimum absolute atomic E-state index is 0.0487. The van der Waals surface area contributed by atoms with Gasteiger partial charge in [0.1, 0.15) is 0 Å². The van der Waals surface area contributed by atoms with Crippen LogP contribution in [-0.2, 0) is 11.1 Å². The van der Waals surface area contributed by atoms with Crippen LogP contribution in [0.2, 0.25) is 5.02 Å². The summed E-state index contributed by atoms with van der Waals surface area (Å²) in [4.78, 5) is 10.6. The average molecular weight is 221 g/mol. The molecule has 0 aliphatic carbocycles. The fraction of sp³-hybridized carbons (Fsp3) is 0. The first kappa shape index (κ1) is 10.2. The number of rotatable bonds is 2. The van der Waals surface area contributed by atoms with Crippen LogP contribution in [0.25, 0.3) is 0 Å². The Balaban J connectivity index is 3.20. The summed E-state index contributed by atoms with van der Waals surface area (Å²) >= 11 is 3.40. The van der Waals surface area contributed by atoms with Gasteiger partial charge in [-0.3, -0.25) is 0 Å². The van der Waals surface area contributed by atoms with Crippen LogP contribution in [-0.4, -0.2) is 19.8 Å². The molecule has 0 saturated carbocycles. The number of aromatic carboxylic acids is 1. The molecule has 0 radical (unpaired) electrons. The van der Waals surface area contributed by atoms with Crippen molar-refractivity contribution in [1.82, 2.24) is 0 Å². The maximum absolute atomic E-state index is 10.5. The molecule has 1 aromatic carbocycles. The Morgan fingerprint density at radius 3 is 2.46 bits per heavy atom. The molecule has 0 spiro atoms. The van der Waals surface area contributed by atoms with Gasteiger partial charge in [-0.25, -0.2) is 9.00 Å². The first-order chi connectivity index (χ1) is 6.02. The monoisotopic (exact) mass is 220 g/mol. The summed E-state index contributed by atoms with van der Waals surface area (Å²) in [5, 5.41) is 8.52. The molecule has 70 valence electrons. The van der Waals surface area contributed by atoms with Crippen LogP contribution in [0.4, 0.5) is 0 Å². The zero-order chi connectivity index (χ0) is 10.0. The fourth-order valence-corrected chi connectivity index (χ4v) is 1.51. The van der Waals surface area contributed by atoms with E-state index in [1.54, 1.807) is 0 Å². The average Bonchev–Trinajstić information content (AvgIpc) is 2.03. The molecule has 0 fully saturated rings. The molecular weight excluding hydrogens is 216 g/mol. The number of carboxylic acid groups (broad SMARTS) is 1. The van der Waals surface area contributed by atoms with Crippen molar-refractivity contribution < 1.29 is 18.7 Å². The lowest BCUT2D eigenvalue weighted by Gasteiger charge is -1.99. The zero-order valence-corrected chi connectivity index (χ0v) is 7.80. The fourth-order valence-electron chi connectivity index (χ4n) is 0.778. The predicted octanol–water partition coefficient (Wildman–Crippen LogP) is 1.62. The van der Waals surface area contributed by atoms with Gasteiger partial charge >= 0.3 is 5.97 Å². The Kier molecular flexibility index (Phi) is 3.02. The highest BCUT2D eigenvalue weighted by Crippen LogP contribution is 2.19. The summed E-state index contributed by atoms with van der Waals surface area (Å²) in [6.45, 7) is 0. The molecule has 0 heterocycles. The molecule has 1 aromatic rings. The van der Waals surface area contributed by atoms with Crippen LogP contribution < -0.4 is 0 Å². The molecule has 2 N–H and O–H groups in total. The molecule has 13 heavy (non-hydrogen) atoms. The second kappa shape index (κ2) is 3.87. The van der Waals surface area contributed by atoms with Gasteiger partial charge in [0.2, 0.25) is 0 Å². The number of carbonyl (C=O) groups is 1. The lowest BCUT2D eigenvalue weighted by molar-refractivity contribution is 0.0697. The van der Waals surface area contributed by atoms with Gasteiger partial charge in [-0.1, -0.05) is 11.6 Å².